The van der Waals surface area contributed by atoms with Crippen molar-refractivity contribution in [3.05, 3.63) is 167 Å². The van der Waals surface area contributed by atoms with Crippen LogP contribution in [0.25, 0.3) is 72.7 Å². The number of fused-ring (bicyclic) bond motifs is 1. The number of phenols is 1. The van der Waals surface area contributed by atoms with Crippen molar-refractivity contribution < 1.29 is 14.7 Å². The number of phenolic OH excluding ortho intramolecular Hbond substituents is 1. The number of nitrogens with zero attached hydrogens (tertiary/aromatic N) is 3. The van der Waals surface area contributed by atoms with Crippen molar-refractivity contribution in [2.75, 3.05) is 0 Å². The van der Waals surface area contributed by atoms with Gasteiger partial charge in [0.2, 0.25) is 0 Å². The van der Waals surface area contributed by atoms with E-state index in [0.717, 1.165) is 72.5 Å². The third-order valence-electron chi connectivity index (χ3n) is 12.6. The minimum absolute atomic E-state index is 0.191. The van der Waals surface area contributed by atoms with Crippen LogP contribution in [0.4, 0.5) is 0 Å². The molecule has 0 saturated carbocycles. The first-order chi connectivity index (χ1) is 33.3. The van der Waals surface area contributed by atoms with Gasteiger partial charge >= 0.3 is 0 Å². The normalized spacial score (nSPS) is 14.8. The minimum atomic E-state index is -3.03. The lowest BCUT2D eigenvalue weighted by Gasteiger charge is -2.28. The number of benzene rings is 6. The quantitative estimate of drug-likeness (QED) is 0.174. The van der Waals surface area contributed by atoms with E-state index < -0.39 is 36.2 Å². The van der Waals surface area contributed by atoms with Gasteiger partial charge in [0.15, 0.2) is 0 Å². The molecule has 0 bridgehead atoms. The molecule has 0 radical (unpaired) electrons. The molecular weight excluding hydrogens is 791 g/mol. The lowest BCUT2D eigenvalue weighted by molar-refractivity contribution is 0.446. The molecular formula is C61H67N3O. The summed E-state index contributed by atoms with van der Waals surface area (Å²) in [7, 11) is 0. The molecule has 0 atom stereocenters. The van der Waals surface area contributed by atoms with E-state index in [1.807, 2.05) is 106 Å². The number of imidazole rings is 1. The van der Waals surface area contributed by atoms with Crippen molar-refractivity contribution in [3.8, 4) is 67.5 Å². The highest BCUT2D eigenvalue weighted by Crippen LogP contribution is 2.46. The molecule has 8 rings (SSSR count). The number of aromatic hydroxyl groups is 1. The van der Waals surface area contributed by atoms with Crippen LogP contribution < -0.4 is 0 Å². The molecule has 0 aliphatic heterocycles. The summed E-state index contributed by atoms with van der Waals surface area (Å²) in [5.74, 6) is -0.848. The topological polar surface area (TPSA) is 50.9 Å². The Kier molecular flexibility index (Phi) is 9.47. The van der Waals surface area contributed by atoms with Gasteiger partial charge in [0.25, 0.3) is 0 Å². The molecule has 0 saturated heterocycles. The fourth-order valence-electron chi connectivity index (χ4n) is 8.55. The molecule has 2 aromatic heterocycles. The molecule has 65 heavy (non-hydrogen) atoms. The third kappa shape index (κ3) is 9.06. The van der Waals surface area contributed by atoms with Crippen LogP contribution in [0.5, 0.6) is 5.75 Å². The summed E-state index contributed by atoms with van der Waals surface area (Å²) in [6, 6.07) is 44.7. The summed E-state index contributed by atoms with van der Waals surface area (Å²) in [5.41, 5.74) is 9.68. The highest BCUT2D eigenvalue weighted by Gasteiger charge is 2.30. The van der Waals surface area contributed by atoms with E-state index in [1.54, 1.807) is 6.07 Å². The molecule has 0 aliphatic rings. The highest BCUT2D eigenvalue weighted by molar-refractivity contribution is 5.98. The molecule has 332 valence electrons. The SMILES string of the molecule is [2H]C(C)(C)c1ccc(-c2ccnc(-c3cc(-c4cccc5c4nc(-c4cc(C(C)(C)C)cc(C(C)(C([2H])([2H])[2H])C([2H])([2H])[2H])c4O)n5-c4ccc(C(C)(C)C)cc4-c4ccccc4)cc(C(C)(C)C)c3)c2)cc1. The van der Waals surface area contributed by atoms with E-state index in [9.17, 15) is 5.11 Å². The van der Waals surface area contributed by atoms with Crippen molar-refractivity contribution in [1.82, 2.24) is 14.5 Å². The van der Waals surface area contributed by atoms with E-state index in [1.165, 1.54) is 6.92 Å². The first-order valence-corrected chi connectivity index (χ1v) is 22.6. The van der Waals surface area contributed by atoms with Crippen molar-refractivity contribution >= 4 is 11.0 Å². The van der Waals surface area contributed by atoms with E-state index in [4.69, 9.17) is 19.6 Å². The van der Waals surface area contributed by atoms with Crippen molar-refractivity contribution in [3.63, 3.8) is 0 Å². The highest BCUT2D eigenvalue weighted by atomic mass is 16.3. The van der Waals surface area contributed by atoms with Gasteiger partial charge in [-0.3, -0.25) is 9.55 Å². The van der Waals surface area contributed by atoms with Crippen LogP contribution in [0.3, 0.4) is 0 Å². The maximum Gasteiger partial charge on any atom is 0.149 e. The summed E-state index contributed by atoms with van der Waals surface area (Å²) in [6.07, 6.45) is 1.83. The number of para-hydroxylation sites is 1. The number of hydrogen-bond donors (Lipinski definition) is 1. The second-order valence-corrected chi connectivity index (χ2v) is 21.1. The van der Waals surface area contributed by atoms with Gasteiger partial charge < -0.3 is 5.11 Å². The molecule has 2 heterocycles. The molecule has 8 aromatic rings. The first-order valence-electron chi connectivity index (χ1n) is 26.1. The Bertz CT molecular complexity index is 3310. The van der Waals surface area contributed by atoms with Gasteiger partial charge in [0.05, 0.1) is 28.0 Å². The van der Waals surface area contributed by atoms with E-state index >= 15 is 0 Å². The molecule has 0 aliphatic carbocycles. The summed E-state index contributed by atoms with van der Waals surface area (Å²) in [5, 5.41) is 12.8. The average Bonchev–Trinajstić information content (AvgIpc) is 3.69. The Balaban J connectivity index is 1.47. The number of hydrogen-bond acceptors (Lipinski definition) is 3. The molecule has 4 heteroatoms. The Hall–Kier alpha value is -6.26. The van der Waals surface area contributed by atoms with Crippen LogP contribution in [0.15, 0.2) is 140 Å². The van der Waals surface area contributed by atoms with Gasteiger partial charge in [-0.2, -0.15) is 0 Å². The Morgan fingerprint density at radius 1 is 0.538 bits per heavy atom. The van der Waals surface area contributed by atoms with E-state index in [2.05, 4.69) is 108 Å². The number of pyridine rings is 1. The molecule has 0 fully saturated rings. The molecule has 0 spiro atoms. The monoisotopic (exact) mass is 865 g/mol. The summed E-state index contributed by atoms with van der Waals surface area (Å²) >= 11 is 0. The standard InChI is InChI=1S/C61H67N3O/c1-38(2)39-23-25-40(26-24-39)42-29-30-62-52(34-42)44-31-43(32-46(33-44)59(6,7)8)48-21-18-22-54-55(48)63-57(50-36-47(60(9,10)11)37-51(56(50)65)61(12,13)14)64(54)53-28-27-45(58(3,4)5)35-49(53)41-19-16-15-17-20-41/h15-38,65H,1-14H3/i12D3,13D3,38D. The van der Waals surface area contributed by atoms with Gasteiger partial charge in [-0.15, -0.1) is 0 Å². The van der Waals surface area contributed by atoms with Crippen LogP contribution in [0.1, 0.15) is 140 Å². The summed E-state index contributed by atoms with van der Waals surface area (Å²) < 4.78 is 62.8. The summed E-state index contributed by atoms with van der Waals surface area (Å²) in [4.78, 5) is 10.5. The van der Waals surface area contributed by atoms with Crippen LogP contribution in [0, 0.1) is 0 Å². The second-order valence-electron chi connectivity index (χ2n) is 21.1. The van der Waals surface area contributed by atoms with Gasteiger partial charge in [0, 0.05) is 38.0 Å². The Labute approximate surface area is 398 Å². The lowest BCUT2D eigenvalue weighted by atomic mass is 9.79. The van der Waals surface area contributed by atoms with Crippen LogP contribution in [-0.2, 0) is 21.7 Å². The van der Waals surface area contributed by atoms with Gasteiger partial charge in [-0.1, -0.05) is 182 Å². The lowest BCUT2D eigenvalue weighted by Crippen LogP contribution is -2.17. The third-order valence-corrected chi connectivity index (χ3v) is 12.6. The molecule has 0 amide bonds. The van der Waals surface area contributed by atoms with Crippen molar-refractivity contribution in [1.29, 1.82) is 0 Å². The van der Waals surface area contributed by atoms with Crippen LogP contribution in [0.2, 0.25) is 0 Å². The smallest absolute Gasteiger partial charge is 0.149 e. The fourth-order valence-corrected chi connectivity index (χ4v) is 8.55. The number of rotatable bonds is 7. The van der Waals surface area contributed by atoms with E-state index in [0.29, 0.717) is 16.9 Å². The Morgan fingerprint density at radius 3 is 1.83 bits per heavy atom. The Morgan fingerprint density at radius 2 is 1.18 bits per heavy atom. The van der Waals surface area contributed by atoms with Crippen LogP contribution >= 0.6 is 0 Å². The maximum atomic E-state index is 12.8. The predicted molar refractivity (Wildman–Crippen MR) is 277 cm³/mol. The van der Waals surface area contributed by atoms with Gasteiger partial charge in [-0.05, 0) is 121 Å². The predicted octanol–water partition coefficient (Wildman–Crippen LogP) is 16.8. The van der Waals surface area contributed by atoms with E-state index in [-0.39, 0.29) is 22.0 Å². The van der Waals surface area contributed by atoms with Crippen molar-refractivity contribution in [2.45, 2.75) is 124 Å². The van der Waals surface area contributed by atoms with Gasteiger partial charge in [-0.25, -0.2) is 4.98 Å². The first kappa shape index (κ1) is 37.0. The van der Waals surface area contributed by atoms with Gasteiger partial charge in [0.1, 0.15) is 11.6 Å². The van der Waals surface area contributed by atoms with Crippen LogP contribution in [-0.4, -0.2) is 19.6 Å². The fraction of sp³-hybridized carbons (Fsp3) is 0.311. The molecule has 0 unspecified atom stereocenters. The molecule has 1 N–H and O–H groups in total. The summed E-state index contributed by atoms with van der Waals surface area (Å²) in [6.45, 7) is 17.9. The maximum absolute atomic E-state index is 12.8. The zero-order valence-electron chi connectivity index (χ0n) is 47.1. The second kappa shape index (κ2) is 16.6. The average molecular weight is 865 g/mol. The zero-order valence-corrected chi connectivity index (χ0v) is 40.1. The number of aromatic nitrogens is 3. The molecule has 6 aromatic carbocycles. The minimum Gasteiger partial charge on any atom is -0.507 e. The van der Waals surface area contributed by atoms with Crippen molar-refractivity contribution in [2.24, 2.45) is 0 Å². The molecule has 4 nitrogen and oxygen atoms in total. The largest absolute Gasteiger partial charge is 0.507 e. The zero-order chi connectivity index (χ0) is 52.7.